The topological polar surface area (TPSA) is 28.6 Å². The first-order chi connectivity index (χ1) is 12.0. The summed E-state index contributed by atoms with van der Waals surface area (Å²) in [5.74, 6) is 1.45. The predicted molar refractivity (Wildman–Crippen MR) is 89.8 cm³/mol. The van der Waals surface area contributed by atoms with Crippen LogP contribution in [0.25, 0.3) is 0 Å². The van der Waals surface area contributed by atoms with E-state index in [2.05, 4.69) is 9.88 Å². The van der Waals surface area contributed by atoms with Crippen LogP contribution in [-0.4, -0.2) is 49.2 Å². The zero-order valence-electron chi connectivity index (χ0n) is 13.7. The van der Waals surface area contributed by atoms with E-state index in [1.807, 2.05) is 35.2 Å². The summed E-state index contributed by atoms with van der Waals surface area (Å²) in [7, 11) is 0. The third kappa shape index (κ3) is 4.85. The van der Waals surface area contributed by atoms with Gasteiger partial charge < -0.3 is 9.64 Å². The zero-order valence-corrected chi connectivity index (χ0v) is 13.7. The number of hydrogen-bond acceptors (Lipinski definition) is 4. The van der Waals surface area contributed by atoms with E-state index < -0.39 is 11.7 Å². The zero-order chi connectivity index (χ0) is 17.7. The summed E-state index contributed by atoms with van der Waals surface area (Å²) >= 11 is 0. The minimum Gasteiger partial charge on any atom is -0.492 e. The van der Waals surface area contributed by atoms with E-state index in [9.17, 15) is 13.2 Å². The van der Waals surface area contributed by atoms with Gasteiger partial charge in [-0.2, -0.15) is 13.2 Å². The number of rotatable bonds is 5. The van der Waals surface area contributed by atoms with E-state index >= 15 is 0 Å². The molecule has 1 aliphatic rings. The molecule has 0 radical (unpaired) electrons. The Labute approximate surface area is 144 Å². The van der Waals surface area contributed by atoms with Crippen molar-refractivity contribution in [3.8, 4) is 5.75 Å². The molecule has 0 atom stereocenters. The van der Waals surface area contributed by atoms with Crippen molar-refractivity contribution in [3.05, 3.63) is 54.2 Å². The first-order valence-electron chi connectivity index (χ1n) is 8.21. The molecule has 3 rings (SSSR count). The molecule has 2 aromatic rings. The highest BCUT2D eigenvalue weighted by molar-refractivity contribution is 5.40. The standard InChI is InChI=1S/C18H20F3N3O/c19-18(20,21)15-6-7-17(22-14-15)24-10-8-23(9-11-24)12-13-25-16-4-2-1-3-5-16/h1-7,14H,8-13H2. The Kier molecular flexibility index (Phi) is 5.43. The van der Waals surface area contributed by atoms with Crippen LogP contribution in [0.1, 0.15) is 5.56 Å². The van der Waals surface area contributed by atoms with Crippen molar-refractivity contribution < 1.29 is 17.9 Å². The van der Waals surface area contributed by atoms with Gasteiger partial charge in [0.15, 0.2) is 0 Å². The van der Waals surface area contributed by atoms with Crippen LogP contribution in [-0.2, 0) is 6.18 Å². The molecule has 0 spiro atoms. The van der Waals surface area contributed by atoms with E-state index in [0.717, 1.165) is 50.7 Å². The average molecular weight is 351 g/mol. The van der Waals surface area contributed by atoms with E-state index in [1.54, 1.807) is 0 Å². The van der Waals surface area contributed by atoms with Gasteiger partial charge >= 0.3 is 6.18 Å². The first kappa shape index (κ1) is 17.5. The van der Waals surface area contributed by atoms with E-state index in [4.69, 9.17) is 4.74 Å². The maximum absolute atomic E-state index is 12.6. The third-order valence-electron chi connectivity index (χ3n) is 4.19. The number of aromatic nitrogens is 1. The highest BCUT2D eigenvalue weighted by Crippen LogP contribution is 2.29. The average Bonchev–Trinajstić information content (AvgIpc) is 2.63. The quantitative estimate of drug-likeness (QED) is 0.826. The van der Waals surface area contributed by atoms with Crippen LogP contribution in [0.3, 0.4) is 0 Å². The number of benzene rings is 1. The molecule has 0 saturated carbocycles. The maximum Gasteiger partial charge on any atom is 0.417 e. The molecule has 1 saturated heterocycles. The number of pyridine rings is 1. The first-order valence-corrected chi connectivity index (χ1v) is 8.21. The number of para-hydroxylation sites is 1. The van der Waals surface area contributed by atoms with Gasteiger partial charge in [0.2, 0.25) is 0 Å². The number of anilines is 1. The minimum absolute atomic E-state index is 0.591. The normalized spacial score (nSPS) is 16.0. The molecular formula is C18H20F3N3O. The van der Waals surface area contributed by atoms with Crippen molar-refractivity contribution in [1.29, 1.82) is 0 Å². The summed E-state index contributed by atoms with van der Waals surface area (Å²) in [4.78, 5) is 8.25. The summed E-state index contributed by atoms with van der Waals surface area (Å²) in [5, 5.41) is 0. The van der Waals surface area contributed by atoms with Crippen LogP contribution < -0.4 is 9.64 Å². The Morgan fingerprint density at radius 2 is 1.68 bits per heavy atom. The van der Waals surface area contributed by atoms with Crippen LogP contribution >= 0.6 is 0 Å². The molecule has 7 heteroatoms. The van der Waals surface area contributed by atoms with Crippen LogP contribution in [0.2, 0.25) is 0 Å². The van der Waals surface area contributed by atoms with E-state index in [0.29, 0.717) is 12.4 Å². The number of hydrogen-bond donors (Lipinski definition) is 0. The van der Waals surface area contributed by atoms with Gasteiger partial charge in [0.25, 0.3) is 0 Å². The maximum atomic E-state index is 12.6. The number of ether oxygens (including phenoxy) is 1. The molecule has 134 valence electrons. The third-order valence-corrected chi connectivity index (χ3v) is 4.19. The SMILES string of the molecule is FC(F)(F)c1ccc(N2CCN(CCOc3ccccc3)CC2)nc1. The van der Waals surface area contributed by atoms with Gasteiger partial charge in [-0.15, -0.1) is 0 Å². The summed E-state index contributed by atoms with van der Waals surface area (Å²) in [5.41, 5.74) is -0.715. The molecule has 1 aromatic heterocycles. The monoisotopic (exact) mass is 351 g/mol. The highest BCUT2D eigenvalue weighted by Gasteiger charge is 2.31. The molecule has 0 N–H and O–H groups in total. The van der Waals surface area contributed by atoms with Crippen LogP contribution in [0, 0.1) is 0 Å². The highest BCUT2D eigenvalue weighted by atomic mass is 19.4. The Hall–Kier alpha value is -2.28. The lowest BCUT2D eigenvalue weighted by Gasteiger charge is -2.35. The fourth-order valence-electron chi connectivity index (χ4n) is 2.75. The molecule has 0 bridgehead atoms. The van der Waals surface area contributed by atoms with Crippen LogP contribution in [0.15, 0.2) is 48.7 Å². The number of halogens is 3. The van der Waals surface area contributed by atoms with Gasteiger partial charge in [0.05, 0.1) is 5.56 Å². The largest absolute Gasteiger partial charge is 0.492 e. The Bertz CT molecular complexity index is 654. The summed E-state index contributed by atoms with van der Waals surface area (Å²) in [6.07, 6.45) is -3.45. The lowest BCUT2D eigenvalue weighted by molar-refractivity contribution is -0.137. The van der Waals surface area contributed by atoms with Crippen molar-refractivity contribution in [2.45, 2.75) is 6.18 Å². The Morgan fingerprint density at radius 1 is 0.960 bits per heavy atom. The molecule has 4 nitrogen and oxygen atoms in total. The Balaban J connectivity index is 1.44. The number of piperazine rings is 1. The lowest BCUT2D eigenvalue weighted by atomic mass is 10.2. The van der Waals surface area contributed by atoms with E-state index in [1.165, 1.54) is 6.07 Å². The van der Waals surface area contributed by atoms with E-state index in [-0.39, 0.29) is 0 Å². The summed E-state index contributed by atoms with van der Waals surface area (Å²) in [6.45, 7) is 4.58. The van der Waals surface area contributed by atoms with Gasteiger partial charge in [-0.25, -0.2) is 4.98 Å². The molecule has 0 aliphatic carbocycles. The molecule has 0 unspecified atom stereocenters. The molecule has 2 heterocycles. The predicted octanol–water partition coefficient (Wildman–Crippen LogP) is 3.30. The molecule has 1 aromatic carbocycles. The van der Waals surface area contributed by atoms with Crippen molar-refractivity contribution in [3.63, 3.8) is 0 Å². The molecule has 1 aliphatic heterocycles. The smallest absolute Gasteiger partial charge is 0.417 e. The second-order valence-corrected chi connectivity index (χ2v) is 5.89. The molecular weight excluding hydrogens is 331 g/mol. The summed E-state index contributed by atoms with van der Waals surface area (Å²) < 4.78 is 43.4. The fraction of sp³-hybridized carbons (Fsp3) is 0.389. The Morgan fingerprint density at radius 3 is 2.28 bits per heavy atom. The molecule has 0 amide bonds. The number of alkyl halides is 3. The fourth-order valence-corrected chi connectivity index (χ4v) is 2.75. The molecule has 1 fully saturated rings. The summed E-state index contributed by atoms with van der Waals surface area (Å²) in [6, 6.07) is 12.2. The second kappa shape index (κ2) is 7.74. The van der Waals surface area contributed by atoms with Gasteiger partial charge in [0, 0.05) is 38.9 Å². The lowest BCUT2D eigenvalue weighted by Crippen LogP contribution is -2.47. The van der Waals surface area contributed by atoms with Gasteiger partial charge in [0.1, 0.15) is 18.2 Å². The van der Waals surface area contributed by atoms with Crippen LogP contribution in [0.4, 0.5) is 19.0 Å². The second-order valence-electron chi connectivity index (χ2n) is 5.89. The van der Waals surface area contributed by atoms with Crippen LogP contribution in [0.5, 0.6) is 5.75 Å². The van der Waals surface area contributed by atoms with Gasteiger partial charge in [-0.3, -0.25) is 4.90 Å². The van der Waals surface area contributed by atoms with Crippen molar-refractivity contribution in [2.75, 3.05) is 44.2 Å². The van der Waals surface area contributed by atoms with Crippen molar-refractivity contribution in [2.24, 2.45) is 0 Å². The van der Waals surface area contributed by atoms with Crippen molar-refractivity contribution >= 4 is 5.82 Å². The molecule has 25 heavy (non-hydrogen) atoms. The van der Waals surface area contributed by atoms with Crippen molar-refractivity contribution in [1.82, 2.24) is 9.88 Å². The number of nitrogens with zero attached hydrogens (tertiary/aromatic N) is 3. The van der Waals surface area contributed by atoms with Gasteiger partial charge in [-0.1, -0.05) is 18.2 Å². The van der Waals surface area contributed by atoms with Gasteiger partial charge in [-0.05, 0) is 24.3 Å². The minimum atomic E-state index is -4.34.